The van der Waals surface area contributed by atoms with Gasteiger partial charge < -0.3 is 5.32 Å². The standard InChI is InChI=1S/C23H24F3N/c1-22(2,21-14-6-11-18-10-3-4-13-20(18)21)27-15-7-9-17-8-5-12-19(16-17)23(24,25)26/h3-6,8,10-14,16,27H,7,9,15H2,1-2H3. The molecule has 0 aliphatic heterocycles. The highest BCUT2D eigenvalue weighted by Gasteiger charge is 2.30. The lowest BCUT2D eigenvalue weighted by Gasteiger charge is -2.28. The molecule has 1 nitrogen and oxygen atoms in total. The van der Waals surface area contributed by atoms with Crippen molar-refractivity contribution in [2.45, 2.75) is 38.4 Å². The second-order valence-corrected chi connectivity index (χ2v) is 7.38. The van der Waals surface area contributed by atoms with Gasteiger partial charge in [0.25, 0.3) is 0 Å². The average Bonchev–Trinajstić information content (AvgIpc) is 2.64. The number of rotatable bonds is 6. The number of hydrogen-bond acceptors (Lipinski definition) is 1. The maximum absolute atomic E-state index is 12.8. The molecule has 0 aliphatic carbocycles. The van der Waals surface area contributed by atoms with Gasteiger partial charge in [0, 0.05) is 5.54 Å². The van der Waals surface area contributed by atoms with E-state index >= 15 is 0 Å². The largest absolute Gasteiger partial charge is 0.416 e. The second-order valence-electron chi connectivity index (χ2n) is 7.38. The summed E-state index contributed by atoms with van der Waals surface area (Å²) in [5.41, 5.74) is 1.13. The molecule has 0 aromatic heterocycles. The van der Waals surface area contributed by atoms with Crippen molar-refractivity contribution in [3.63, 3.8) is 0 Å². The first-order chi connectivity index (χ1) is 12.8. The maximum atomic E-state index is 12.8. The predicted octanol–water partition coefficient (Wildman–Crippen LogP) is 6.32. The average molecular weight is 371 g/mol. The number of benzene rings is 3. The van der Waals surface area contributed by atoms with E-state index in [1.54, 1.807) is 6.07 Å². The summed E-state index contributed by atoms with van der Waals surface area (Å²) >= 11 is 0. The summed E-state index contributed by atoms with van der Waals surface area (Å²) in [7, 11) is 0. The molecule has 3 aromatic rings. The van der Waals surface area contributed by atoms with E-state index in [-0.39, 0.29) is 5.54 Å². The molecule has 0 saturated heterocycles. The third-order valence-corrected chi connectivity index (χ3v) is 4.93. The predicted molar refractivity (Wildman–Crippen MR) is 105 cm³/mol. The molecule has 0 atom stereocenters. The van der Waals surface area contributed by atoms with Gasteiger partial charge in [0.15, 0.2) is 0 Å². The van der Waals surface area contributed by atoms with E-state index < -0.39 is 11.7 Å². The minimum Gasteiger partial charge on any atom is -0.308 e. The summed E-state index contributed by atoms with van der Waals surface area (Å²) in [6, 6.07) is 20.2. The topological polar surface area (TPSA) is 12.0 Å². The number of aryl methyl sites for hydroxylation is 1. The molecule has 3 aromatic carbocycles. The molecule has 0 spiro atoms. The molecular weight excluding hydrogens is 347 g/mol. The van der Waals surface area contributed by atoms with E-state index in [0.717, 1.165) is 24.6 Å². The molecule has 0 heterocycles. The summed E-state index contributed by atoms with van der Waals surface area (Å²) < 4.78 is 38.4. The van der Waals surface area contributed by atoms with Gasteiger partial charge in [0.05, 0.1) is 5.56 Å². The van der Waals surface area contributed by atoms with E-state index in [1.807, 2.05) is 12.1 Å². The van der Waals surface area contributed by atoms with Crippen LogP contribution in [-0.2, 0) is 18.1 Å². The van der Waals surface area contributed by atoms with E-state index in [9.17, 15) is 13.2 Å². The zero-order chi connectivity index (χ0) is 19.5. The first-order valence-electron chi connectivity index (χ1n) is 9.17. The molecule has 0 amide bonds. The molecule has 1 N–H and O–H groups in total. The normalized spacial score (nSPS) is 12.5. The summed E-state index contributed by atoms with van der Waals surface area (Å²) in [4.78, 5) is 0. The van der Waals surface area contributed by atoms with Crippen LogP contribution in [0.15, 0.2) is 66.7 Å². The first-order valence-corrected chi connectivity index (χ1v) is 9.17. The van der Waals surface area contributed by atoms with Crippen LogP contribution < -0.4 is 5.32 Å². The van der Waals surface area contributed by atoms with Crippen LogP contribution in [0.25, 0.3) is 10.8 Å². The molecule has 0 aliphatic rings. The van der Waals surface area contributed by atoms with E-state index in [4.69, 9.17) is 0 Å². The minimum atomic E-state index is -4.29. The van der Waals surface area contributed by atoms with Crippen LogP contribution in [0.4, 0.5) is 13.2 Å². The van der Waals surface area contributed by atoms with Crippen LogP contribution in [0.2, 0.25) is 0 Å². The number of nitrogens with one attached hydrogen (secondary N) is 1. The highest BCUT2D eigenvalue weighted by Crippen LogP contribution is 2.30. The first kappa shape index (κ1) is 19.4. The SMILES string of the molecule is CC(C)(NCCCc1cccc(C(F)(F)F)c1)c1cccc2ccccc12. The maximum Gasteiger partial charge on any atom is 0.416 e. The summed E-state index contributed by atoms with van der Waals surface area (Å²) in [6.45, 7) is 5.00. The van der Waals surface area contributed by atoms with Crippen molar-refractivity contribution in [3.05, 3.63) is 83.4 Å². The molecule has 0 bridgehead atoms. The Bertz CT molecular complexity index is 907. The number of hydrogen-bond donors (Lipinski definition) is 1. The van der Waals surface area contributed by atoms with Crippen molar-refractivity contribution in [3.8, 4) is 0 Å². The monoisotopic (exact) mass is 371 g/mol. The molecule has 142 valence electrons. The molecular formula is C23H24F3N. The van der Waals surface area contributed by atoms with E-state index in [0.29, 0.717) is 6.42 Å². The van der Waals surface area contributed by atoms with Crippen molar-refractivity contribution in [2.75, 3.05) is 6.54 Å². The van der Waals surface area contributed by atoms with Gasteiger partial charge >= 0.3 is 6.18 Å². The molecule has 0 saturated carbocycles. The van der Waals surface area contributed by atoms with Gasteiger partial charge in [-0.3, -0.25) is 0 Å². The fourth-order valence-electron chi connectivity index (χ4n) is 3.46. The lowest BCUT2D eigenvalue weighted by molar-refractivity contribution is -0.137. The third kappa shape index (κ3) is 4.69. The van der Waals surface area contributed by atoms with Crippen LogP contribution in [0.1, 0.15) is 37.0 Å². The molecule has 0 radical (unpaired) electrons. The fourth-order valence-corrected chi connectivity index (χ4v) is 3.46. The smallest absolute Gasteiger partial charge is 0.308 e. The van der Waals surface area contributed by atoms with Crippen molar-refractivity contribution < 1.29 is 13.2 Å². The molecule has 27 heavy (non-hydrogen) atoms. The van der Waals surface area contributed by atoms with Gasteiger partial charge in [0.2, 0.25) is 0 Å². The summed E-state index contributed by atoms with van der Waals surface area (Å²) in [5, 5.41) is 5.98. The van der Waals surface area contributed by atoms with E-state index in [1.165, 1.54) is 28.5 Å². The van der Waals surface area contributed by atoms with Crippen LogP contribution >= 0.6 is 0 Å². The Morgan fingerprint density at radius 3 is 2.33 bits per heavy atom. The Morgan fingerprint density at radius 1 is 0.852 bits per heavy atom. The number of alkyl halides is 3. The molecule has 3 rings (SSSR count). The minimum absolute atomic E-state index is 0.227. The van der Waals surface area contributed by atoms with Crippen molar-refractivity contribution in [2.24, 2.45) is 0 Å². The molecule has 0 unspecified atom stereocenters. The highest BCUT2D eigenvalue weighted by molar-refractivity contribution is 5.86. The molecule has 0 fully saturated rings. The zero-order valence-electron chi connectivity index (χ0n) is 15.6. The van der Waals surface area contributed by atoms with Gasteiger partial charge in [-0.15, -0.1) is 0 Å². The Kier molecular flexibility index (Phi) is 5.56. The van der Waals surface area contributed by atoms with Crippen LogP contribution in [-0.4, -0.2) is 6.54 Å². The van der Waals surface area contributed by atoms with Crippen molar-refractivity contribution in [1.82, 2.24) is 5.32 Å². The third-order valence-electron chi connectivity index (χ3n) is 4.93. The van der Waals surface area contributed by atoms with Crippen LogP contribution in [0, 0.1) is 0 Å². The Balaban J connectivity index is 1.63. The van der Waals surface area contributed by atoms with Crippen molar-refractivity contribution >= 4 is 10.8 Å². The lowest BCUT2D eigenvalue weighted by atomic mass is 9.89. The van der Waals surface area contributed by atoms with Gasteiger partial charge in [-0.1, -0.05) is 60.7 Å². The summed E-state index contributed by atoms with van der Waals surface area (Å²) in [6.07, 6.45) is -2.90. The lowest BCUT2D eigenvalue weighted by Crippen LogP contribution is -2.37. The number of halogens is 3. The second kappa shape index (κ2) is 7.73. The fraction of sp³-hybridized carbons (Fsp3) is 0.304. The van der Waals surface area contributed by atoms with Crippen LogP contribution in [0.3, 0.4) is 0 Å². The van der Waals surface area contributed by atoms with Gasteiger partial charge in [-0.25, -0.2) is 0 Å². The summed E-state index contributed by atoms with van der Waals surface area (Å²) in [5.74, 6) is 0. The Morgan fingerprint density at radius 2 is 1.56 bits per heavy atom. The van der Waals surface area contributed by atoms with Crippen molar-refractivity contribution in [1.29, 1.82) is 0 Å². The Labute approximate surface area is 158 Å². The van der Waals surface area contributed by atoms with Crippen LogP contribution in [0.5, 0.6) is 0 Å². The van der Waals surface area contributed by atoms with Gasteiger partial charge in [0.1, 0.15) is 0 Å². The molecule has 4 heteroatoms. The Hall–Kier alpha value is -2.33. The number of fused-ring (bicyclic) bond motifs is 1. The van der Waals surface area contributed by atoms with Gasteiger partial charge in [-0.05, 0) is 61.2 Å². The highest BCUT2D eigenvalue weighted by atomic mass is 19.4. The quantitative estimate of drug-likeness (QED) is 0.500. The van der Waals surface area contributed by atoms with E-state index in [2.05, 4.69) is 49.5 Å². The zero-order valence-corrected chi connectivity index (χ0v) is 15.6. The van der Waals surface area contributed by atoms with Gasteiger partial charge in [-0.2, -0.15) is 13.2 Å².